The summed E-state index contributed by atoms with van der Waals surface area (Å²) in [5.41, 5.74) is 0. The zero-order valence-electron chi connectivity index (χ0n) is 13.7. The third-order valence-electron chi connectivity index (χ3n) is 4.20. The summed E-state index contributed by atoms with van der Waals surface area (Å²) in [7, 11) is 0. The monoisotopic (exact) mass is 382 g/mol. The highest BCUT2D eigenvalue weighted by Gasteiger charge is 2.25. The zero-order valence-corrected chi connectivity index (χ0v) is 15.2. The fraction of sp³-hybridized carbons (Fsp3) is 0.389. The number of nitrogens with zero attached hydrogens (tertiary/aromatic N) is 1. The Bertz CT molecular complexity index is 700. The van der Waals surface area contributed by atoms with Crippen molar-refractivity contribution in [1.82, 2.24) is 10.2 Å². The summed E-state index contributed by atoms with van der Waals surface area (Å²) in [5.74, 6) is 1.09. The van der Waals surface area contributed by atoms with Gasteiger partial charge in [0.25, 0.3) is 5.91 Å². The average Bonchev–Trinajstić information content (AvgIpc) is 3.28. The number of ether oxygens (including phenoxy) is 1. The molecule has 1 aliphatic heterocycles. The van der Waals surface area contributed by atoms with Gasteiger partial charge in [0.15, 0.2) is 6.61 Å². The average molecular weight is 383 g/mol. The van der Waals surface area contributed by atoms with Crippen LogP contribution in [0.4, 0.5) is 0 Å². The van der Waals surface area contributed by atoms with Gasteiger partial charge in [-0.05, 0) is 56.3 Å². The first kappa shape index (κ1) is 18.1. The van der Waals surface area contributed by atoms with Crippen molar-refractivity contribution in [2.24, 2.45) is 0 Å². The lowest BCUT2D eigenvalue weighted by molar-refractivity contribution is -0.123. The van der Waals surface area contributed by atoms with Gasteiger partial charge in [-0.1, -0.05) is 23.2 Å². The standard InChI is InChI=1S/C18H20Cl2N2O3/c19-13-5-6-16(14(20)10-13)25-12-18(23)21-11-15(17-4-3-9-24-17)22-7-1-2-8-22/h3-6,9-10,15H,1-2,7-8,11-12H2,(H,21,23). The second-order valence-corrected chi connectivity index (χ2v) is 6.79. The Kier molecular flexibility index (Phi) is 6.24. The number of furan rings is 1. The number of likely N-dealkylation sites (tertiary alicyclic amines) is 1. The van der Waals surface area contributed by atoms with Crippen LogP contribution in [0.5, 0.6) is 5.75 Å². The highest BCUT2D eigenvalue weighted by Crippen LogP contribution is 2.27. The van der Waals surface area contributed by atoms with E-state index in [-0.39, 0.29) is 18.6 Å². The fourth-order valence-electron chi connectivity index (χ4n) is 2.94. The van der Waals surface area contributed by atoms with Crippen LogP contribution in [-0.2, 0) is 4.79 Å². The molecule has 1 atom stereocenters. The minimum Gasteiger partial charge on any atom is -0.482 e. The molecule has 0 saturated carbocycles. The van der Waals surface area contributed by atoms with Crippen molar-refractivity contribution in [2.75, 3.05) is 26.2 Å². The molecule has 1 amide bonds. The quantitative estimate of drug-likeness (QED) is 0.788. The third kappa shape index (κ3) is 4.91. The van der Waals surface area contributed by atoms with Crippen LogP contribution in [-0.4, -0.2) is 37.0 Å². The SMILES string of the molecule is O=C(COc1ccc(Cl)cc1Cl)NCC(c1ccco1)N1CCCC1. The molecule has 0 radical (unpaired) electrons. The van der Waals surface area contributed by atoms with Gasteiger partial charge < -0.3 is 14.5 Å². The molecular formula is C18H20Cl2N2O3. The number of carbonyl (C=O) groups excluding carboxylic acids is 1. The number of halogens is 2. The van der Waals surface area contributed by atoms with E-state index in [9.17, 15) is 4.79 Å². The van der Waals surface area contributed by atoms with Gasteiger partial charge in [0, 0.05) is 11.6 Å². The predicted molar refractivity (Wildman–Crippen MR) is 97.2 cm³/mol. The summed E-state index contributed by atoms with van der Waals surface area (Å²) in [6.07, 6.45) is 4.00. The molecule has 1 saturated heterocycles. The molecule has 0 spiro atoms. The molecule has 1 fully saturated rings. The second kappa shape index (κ2) is 8.61. The highest BCUT2D eigenvalue weighted by atomic mass is 35.5. The lowest BCUT2D eigenvalue weighted by Gasteiger charge is -2.26. The van der Waals surface area contributed by atoms with E-state index in [1.165, 1.54) is 12.8 Å². The van der Waals surface area contributed by atoms with Crippen LogP contribution in [0, 0.1) is 0 Å². The molecule has 1 aromatic heterocycles. The van der Waals surface area contributed by atoms with Gasteiger partial charge in [0.05, 0.1) is 17.3 Å². The molecule has 2 aromatic rings. The number of benzene rings is 1. The first-order valence-electron chi connectivity index (χ1n) is 8.25. The van der Waals surface area contributed by atoms with Crippen LogP contribution < -0.4 is 10.1 Å². The van der Waals surface area contributed by atoms with Crippen LogP contribution >= 0.6 is 23.2 Å². The molecule has 1 aliphatic rings. The molecule has 134 valence electrons. The number of hydrogen-bond donors (Lipinski definition) is 1. The molecule has 1 N–H and O–H groups in total. The Balaban J connectivity index is 1.53. The highest BCUT2D eigenvalue weighted by molar-refractivity contribution is 6.35. The predicted octanol–water partition coefficient (Wildman–Crippen LogP) is 3.92. The maximum absolute atomic E-state index is 12.1. The van der Waals surface area contributed by atoms with E-state index in [1.807, 2.05) is 12.1 Å². The van der Waals surface area contributed by atoms with Gasteiger partial charge in [0.1, 0.15) is 11.5 Å². The van der Waals surface area contributed by atoms with E-state index in [0.29, 0.717) is 22.3 Å². The maximum Gasteiger partial charge on any atom is 0.258 e. The van der Waals surface area contributed by atoms with Crippen LogP contribution in [0.2, 0.25) is 10.0 Å². The van der Waals surface area contributed by atoms with E-state index in [1.54, 1.807) is 24.5 Å². The Morgan fingerprint density at radius 2 is 2.08 bits per heavy atom. The molecule has 3 rings (SSSR count). The third-order valence-corrected chi connectivity index (χ3v) is 4.73. The second-order valence-electron chi connectivity index (χ2n) is 5.94. The van der Waals surface area contributed by atoms with E-state index in [4.69, 9.17) is 32.4 Å². The summed E-state index contributed by atoms with van der Waals surface area (Å²) in [6, 6.07) is 8.75. The Hall–Kier alpha value is -1.69. The van der Waals surface area contributed by atoms with Gasteiger partial charge in [-0.2, -0.15) is 0 Å². The van der Waals surface area contributed by atoms with Crippen molar-refractivity contribution in [2.45, 2.75) is 18.9 Å². The molecule has 5 nitrogen and oxygen atoms in total. The van der Waals surface area contributed by atoms with Crippen molar-refractivity contribution >= 4 is 29.1 Å². The largest absolute Gasteiger partial charge is 0.482 e. The van der Waals surface area contributed by atoms with Crippen molar-refractivity contribution in [1.29, 1.82) is 0 Å². The molecule has 0 aliphatic carbocycles. The molecule has 1 unspecified atom stereocenters. The molecule has 7 heteroatoms. The Morgan fingerprint density at radius 1 is 1.28 bits per heavy atom. The summed E-state index contributed by atoms with van der Waals surface area (Å²) >= 11 is 11.9. The minimum absolute atomic E-state index is 0.0422. The first-order valence-corrected chi connectivity index (χ1v) is 9.01. The Labute approximate surface area is 156 Å². The lowest BCUT2D eigenvalue weighted by atomic mass is 10.2. The van der Waals surface area contributed by atoms with Crippen molar-refractivity contribution in [3.63, 3.8) is 0 Å². The molecule has 1 aromatic carbocycles. The topological polar surface area (TPSA) is 54.7 Å². The number of hydrogen-bond acceptors (Lipinski definition) is 4. The number of carbonyl (C=O) groups is 1. The lowest BCUT2D eigenvalue weighted by Crippen LogP contribution is -2.38. The number of nitrogens with one attached hydrogen (secondary N) is 1. The number of rotatable bonds is 7. The van der Waals surface area contributed by atoms with E-state index >= 15 is 0 Å². The van der Waals surface area contributed by atoms with Crippen LogP contribution in [0.3, 0.4) is 0 Å². The van der Waals surface area contributed by atoms with Crippen molar-refractivity contribution in [3.05, 3.63) is 52.4 Å². The van der Waals surface area contributed by atoms with Crippen LogP contribution in [0.25, 0.3) is 0 Å². The first-order chi connectivity index (χ1) is 12.1. The minimum atomic E-state index is -0.207. The molecule has 0 bridgehead atoms. The fourth-order valence-corrected chi connectivity index (χ4v) is 3.40. The maximum atomic E-state index is 12.1. The molecule has 2 heterocycles. The van der Waals surface area contributed by atoms with Crippen LogP contribution in [0.15, 0.2) is 41.0 Å². The summed E-state index contributed by atoms with van der Waals surface area (Å²) in [4.78, 5) is 14.5. The van der Waals surface area contributed by atoms with Crippen molar-refractivity contribution in [3.8, 4) is 5.75 Å². The zero-order chi connectivity index (χ0) is 17.6. The summed E-state index contributed by atoms with van der Waals surface area (Å²) < 4.78 is 11.0. The van der Waals surface area contributed by atoms with Gasteiger partial charge >= 0.3 is 0 Å². The summed E-state index contributed by atoms with van der Waals surface area (Å²) in [6.45, 7) is 2.40. The molecular weight excluding hydrogens is 363 g/mol. The van der Waals surface area contributed by atoms with E-state index in [2.05, 4.69) is 10.2 Å². The van der Waals surface area contributed by atoms with Crippen LogP contribution in [0.1, 0.15) is 24.6 Å². The van der Waals surface area contributed by atoms with E-state index in [0.717, 1.165) is 18.8 Å². The van der Waals surface area contributed by atoms with Gasteiger partial charge in [-0.3, -0.25) is 9.69 Å². The van der Waals surface area contributed by atoms with Gasteiger partial charge in [0.2, 0.25) is 0 Å². The Morgan fingerprint density at radius 3 is 2.76 bits per heavy atom. The summed E-state index contributed by atoms with van der Waals surface area (Å²) in [5, 5.41) is 3.82. The van der Waals surface area contributed by atoms with Crippen molar-refractivity contribution < 1.29 is 13.9 Å². The molecule has 25 heavy (non-hydrogen) atoms. The normalized spacial score (nSPS) is 15.9. The number of amides is 1. The van der Waals surface area contributed by atoms with E-state index < -0.39 is 0 Å². The van der Waals surface area contributed by atoms with Gasteiger partial charge in [-0.25, -0.2) is 0 Å². The smallest absolute Gasteiger partial charge is 0.258 e. The van der Waals surface area contributed by atoms with Gasteiger partial charge in [-0.15, -0.1) is 0 Å².